The number of benzene rings is 1. The van der Waals surface area contributed by atoms with Crippen LogP contribution in [0.25, 0.3) is 16.3 Å². The highest BCUT2D eigenvalue weighted by Gasteiger charge is 2.24. The van der Waals surface area contributed by atoms with E-state index in [2.05, 4.69) is 52.1 Å². The zero-order valence-corrected chi connectivity index (χ0v) is 20.1. The van der Waals surface area contributed by atoms with Gasteiger partial charge in [-0.1, -0.05) is 65.5 Å². The Morgan fingerprint density at radius 2 is 1.40 bits per heavy atom. The molecule has 1 N–H and O–H groups in total. The van der Waals surface area contributed by atoms with Crippen LogP contribution in [0.5, 0.6) is 0 Å². The molecule has 1 aromatic heterocycles. The Kier molecular flexibility index (Phi) is 8.36. The molecule has 0 radical (unpaired) electrons. The van der Waals surface area contributed by atoms with E-state index >= 15 is 0 Å². The molecule has 164 valence electrons. The van der Waals surface area contributed by atoms with Gasteiger partial charge in [0.05, 0.1) is 0 Å². The Balaban J connectivity index is 2.22. The fourth-order valence-corrected chi connectivity index (χ4v) is 4.79. The Labute approximate surface area is 184 Å². The van der Waals surface area contributed by atoms with Gasteiger partial charge in [-0.25, -0.2) is 4.98 Å². The van der Waals surface area contributed by atoms with Crippen molar-refractivity contribution in [3.8, 4) is 0 Å². The van der Waals surface area contributed by atoms with Crippen molar-refractivity contribution >= 4 is 22.2 Å². The first-order valence-corrected chi connectivity index (χ1v) is 12.6. The summed E-state index contributed by atoms with van der Waals surface area (Å²) < 4.78 is 0. The minimum Gasteiger partial charge on any atom is -0.343 e. The van der Waals surface area contributed by atoms with Crippen molar-refractivity contribution in [3.63, 3.8) is 0 Å². The number of rotatable bonds is 12. The summed E-state index contributed by atoms with van der Waals surface area (Å²) in [5.41, 5.74) is 8.69. The molecular formula is C28H42N2. The fourth-order valence-electron chi connectivity index (χ4n) is 4.79. The topological polar surface area (TPSA) is 24.9 Å². The SMILES string of the molecule is CCCCC1=C(CCCC)c2cc(C)cc3c(CCCC)c(CCCC)nc(c23)N1. The van der Waals surface area contributed by atoms with E-state index in [0.717, 1.165) is 25.1 Å². The number of anilines is 1. The molecule has 0 atom stereocenters. The molecule has 0 unspecified atom stereocenters. The maximum atomic E-state index is 5.28. The molecule has 0 saturated heterocycles. The first-order chi connectivity index (χ1) is 14.6. The molecule has 0 aliphatic carbocycles. The molecular weight excluding hydrogens is 364 g/mol. The molecule has 0 spiro atoms. The third-order valence-corrected chi connectivity index (χ3v) is 6.51. The second kappa shape index (κ2) is 11.0. The summed E-state index contributed by atoms with van der Waals surface area (Å²) in [6, 6.07) is 4.86. The van der Waals surface area contributed by atoms with Crippen LogP contribution < -0.4 is 5.32 Å². The monoisotopic (exact) mass is 406 g/mol. The van der Waals surface area contributed by atoms with Crippen LogP contribution in [0, 0.1) is 6.92 Å². The molecule has 2 heterocycles. The molecule has 0 bridgehead atoms. The minimum atomic E-state index is 1.10. The summed E-state index contributed by atoms with van der Waals surface area (Å²) in [7, 11) is 0. The molecule has 30 heavy (non-hydrogen) atoms. The van der Waals surface area contributed by atoms with Gasteiger partial charge in [-0.15, -0.1) is 0 Å². The average molecular weight is 407 g/mol. The summed E-state index contributed by atoms with van der Waals surface area (Å²) in [4.78, 5) is 5.28. The predicted molar refractivity (Wildman–Crippen MR) is 133 cm³/mol. The van der Waals surface area contributed by atoms with E-state index in [0.29, 0.717) is 0 Å². The lowest BCUT2D eigenvalue weighted by Gasteiger charge is -2.28. The van der Waals surface area contributed by atoms with Gasteiger partial charge < -0.3 is 5.32 Å². The molecule has 2 heteroatoms. The van der Waals surface area contributed by atoms with Gasteiger partial charge in [-0.3, -0.25) is 0 Å². The molecule has 2 aromatic rings. The summed E-state index contributed by atoms with van der Waals surface area (Å²) in [5.74, 6) is 1.12. The lowest BCUT2D eigenvalue weighted by molar-refractivity contribution is 0.744. The highest BCUT2D eigenvalue weighted by Crippen LogP contribution is 2.43. The number of aryl methyl sites for hydroxylation is 3. The lowest BCUT2D eigenvalue weighted by Crippen LogP contribution is -2.14. The van der Waals surface area contributed by atoms with Gasteiger partial charge in [-0.05, 0) is 85.9 Å². The number of unbranched alkanes of at least 4 members (excludes halogenated alkanes) is 4. The summed E-state index contributed by atoms with van der Waals surface area (Å²) in [6.07, 6.45) is 14.4. The van der Waals surface area contributed by atoms with Crippen molar-refractivity contribution in [1.82, 2.24) is 4.98 Å². The van der Waals surface area contributed by atoms with E-state index in [1.807, 2.05) is 0 Å². The third-order valence-electron chi connectivity index (χ3n) is 6.51. The minimum absolute atomic E-state index is 1.10. The zero-order chi connectivity index (χ0) is 21.5. The van der Waals surface area contributed by atoms with Crippen molar-refractivity contribution in [1.29, 1.82) is 0 Å². The number of aromatic nitrogens is 1. The van der Waals surface area contributed by atoms with Crippen molar-refractivity contribution in [2.75, 3.05) is 5.32 Å². The Hall–Kier alpha value is -1.83. The van der Waals surface area contributed by atoms with Crippen LogP contribution in [-0.2, 0) is 12.8 Å². The average Bonchev–Trinajstić information content (AvgIpc) is 2.74. The van der Waals surface area contributed by atoms with Gasteiger partial charge in [0, 0.05) is 16.8 Å². The summed E-state index contributed by atoms with van der Waals surface area (Å²) in [5, 5.41) is 6.69. The molecule has 0 amide bonds. The number of hydrogen-bond donors (Lipinski definition) is 1. The molecule has 0 saturated carbocycles. The maximum absolute atomic E-state index is 5.28. The van der Waals surface area contributed by atoms with Gasteiger partial charge in [0.15, 0.2) is 0 Å². The largest absolute Gasteiger partial charge is 0.343 e. The number of nitrogens with zero attached hydrogens (tertiary/aromatic N) is 1. The smallest absolute Gasteiger partial charge is 0.138 e. The van der Waals surface area contributed by atoms with E-state index in [4.69, 9.17) is 4.98 Å². The summed E-state index contributed by atoms with van der Waals surface area (Å²) >= 11 is 0. The molecule has 1 aromatic carbocycles. The normalized spacial score (nSPS) is 13.2. The second-order valence-corrected chi connectivity index (χ2v) is 9.12. The fraction of sp³-hybridized carbons (Fsp3) is 0.607. The van der Waals surface area contributed by atoms with Crippen molar-refractivity contribution in [2.24, 2.45) is 0 Å². The maximum Gasteiger partial charge on any atom is 0.138 e. The quantitative estimate of drug-likeness (QED) is 0.381. The standard InChI is InChI=1S/C28H42N2/c1-6-10-14-21-23-18-20(5)19-24-22(15-11-7-2)26(17-13-9-4)30-28(27(23)24)29-25(21)16-12-8-3/h18-19H,6-17H2,1-5H3,(H,29,30). The first-order valence-electron chi connectivity index (χ1n) is 12.6. The zero-order valence-electron chi connectivity index (χ0n) is 20.1. The van der Waals surface area contributed by atoms with E-state index in [9.17, 15) is 0 Å². The number of allylic oxidation sites excluding steroid dienone is 2. The number of hydrogen-bond acceptors (Lipinski definition) is 2. The van der Waals surface area contributed by atoms with Crippen LogP contribution in [0.2, 0.25) is 0 Å². The van der Waals surface area contributed by atoms with Crippen molar-refractivity contribution in [2.45, 2.75) is 112 Å². The van der Waals surface area contributed by atoms with E-state index in [1.54, 1.807) is 5.57 Å². The highest BCUT2D eigenvalue weighted by atomic mass is 15.0. The van der Waals surface area contributed by atoms with Crippen molar-refractivity contribution < 1.29 is 0 Å². The van der Waals surface area contributed by atoms with Crippen LogP contribution in [0.4, 0.5) is 5.82 Å². The van der Waals surface area contributed by atoms with Crippen LogP contribution in [0.3, 0.4) is 0 Å². The second-order valence-electron chi connectivity index (χ2n) is 9.12. The van der Waals surface area contributed by atoms with Gasteiger partial charge in [0.2, 0.25) is 0 Å². The van der Waals surface area contributed by atoms with Gasteiger partial charge in [0.1, 0.15) is 5.82 Å². The molecule has 1 aliphatic rings. The van der Waals surface area contributed by atoms with E-state index in [-0.39, 0.29) is 0 Å². The Morgan fingerprint density at radius 1 is 0.767 bits per heavy atom. The predicted octanol–water partition coefficient (Wildman–Crippen LogP) is 8.75. The highest BCUT2D eigenvalue weighted by molar-refractivity contribution is 6.06. The number of pyridine rings is 1. The van der Waals surface area contributed by atoms with Crippen LogP contribution >= 0.6 is 0 Å². The van der Waals surface area contributed by atoms with Crippen molar-refractivity contribution in [3.05, 3.63) is 40.2 Å². The van der Waals surface area contributed by atoms with Gasteiger partial charge >= 0.3 is 0 Å². The van der Waals surface area contributed by atoms with E-state index in [1.165, 1.54) is 96.6 Å². The molecule has 1 aliphatic heterocycles. The molecule has 2 nitrogen and oxygen atoms in total. The van der Waals surface area contributed by atoms with Gasteiger partial charge in [0.25, 0.3) is 0 Å². The van der Waals surface area contributed by atoms with Gasteiger partial charge in [-0.2, -0.15) is 0 Å². The Morgan fingerprint density at radius 3 is 2.10 bits per heavy atom. The molecule has 3 rings (SSSR count). The van der Waals surface area contributed by atoms with Crippen LogP contribution in [0.1, 0.15) is 114 Å². The number of nitrogens with one attached hydrogen (secondary N) is 1. The first kappa shape index (κ1) is 22.8. The van der Waals surface area contributed by atoms with E-state index < -0.39 is 0 Å². The molecule has 0 fully saturated rings. The Bertz CT molecular complexity index is 891. The third kappa shape index (κ3) is 4.90. The summed E-state index contributed by atoms with van der Waals surface area (Å²) in [6.45, 7) is 11.4. The lowest BCUT2D eigenvalue weighted by atomic mass is 9.86. The van der Waals surface area contributed by atoms with Crippen LogP contribution in [-0.4, -0.2) is 4.98 Å². The van der Waals surface area contributed by atoms with Crippen LogP contribution in [0.15, 0.2) is 17.8 Å².